The molecule has 0 aromatic heterocycles. The SMILES string of the molecule is COc1cc(OC)c2c(c1)C(=O)c1cc(NC(=O)OC(C)C(C)(C)[Si])cc(OC)c1C2=O. The number of carbonyl (C=O) groups is 3. The zero-order valence-corrected chi connectivity index (χ0v) is 19.7. The molecule has 167 valence electrons. The predicted molar refractivity (Wildman–Crippen MR) is 119 cm³/mol. The van der Waals surface area contributed by atoms with Gasteiger partial charge in [-0.2, -0.15) is 0 Å². The largest absolute Gasteiger partial charge is 0.497 e. The van der Waals surface area contributed by atoms with Crippen molar-refractivity contribution in [1.29, 1.82) is 0 Å². The van der Waals surface area contributed by atoms with Gasteiger partial charge in [0, 0.05) is 39.2 Å². The number of hydrogen-bond acceptors (Lipinski definition) is 7. The molecule has 32 heavy (non-hydrogen) atoms. The standard InChI is InChI=1S/C23H24NO7Si/c1-11(23(2,3)32)31-22(27)24-12-7-14-18(16(8-12)29-5)21(26)19-15(20(14)25)9-13(28-4)10-17(19)30-6/h7-11H,1-6H3,(H,24,27). The lowest BCUT2D eigenvalue weighted by Crippen LogP contribution is -2.29. The van der Waals surface area contributed by atoms with Crippen LogP contribution < -0.4 is 19.5 Å². The van der Waals surface area contributed by atoms with Crippen LogP contribution in [-0.4, -0.2) is 55.3 Å². The molecule has 3 rings (SSSR count). The Morgan fingerprint density at radius 2 is 1.47 bits per heavy atom. The summed E-state index contributed by atoms with van der Waals surface area (Å²) in [6.07, 6.45) is -1.14. The second-order valence-electron chi connectivity index (χ2n) is 7.91. The number of nitrogens with one attached hydrogen (secondary N) is 1. The molecule has 0 fully saturated rings. The van der Waals surface area contributed by atoms with Crippen molar-refractivity contribution in [2.75, 3.05) is 26.6 Å². The summed E-state index contributed by atoms with van der Waals surface area (Å²) in [5.41, 5.74) is 0.735. The van der Waals surface area contributed by atoms with Crippen molar-refractivity contribution in [2.24, 2.45) is 0 Å². The fourth-order valence-electron chi connectivity index (χ4n) is 3.27. The number of amides is 1. The van der Waals surface area contributed by atoms with Crippen LogP contribution >= 0.6 is 0 Å². The van der Waals surface area contributed by atoms with Gasteiger partial charge in [-0.3, -0.25) is 14.9 Å². The van der Waals surface area contributed by atoms with Gasteiger partial charge in [0.15, 0.2) is 5.78 Å². The fourth-order valence-corrected chi connectivity index (χ4v) is 3.33. The summed E-state index contributed by atoms with van der Waals surface area (Å²) in [4.78, 5) is 39.0. The van der Waals surface area contributed by atoms with E-state index in [1.807, 2.05) is 13.8 Å². The highest BCUT2D eigenvalue weighted by atomic mass is 28.1. The summed E-state index contributed by atoms with van der Waals surface area (Å²) in [5.74, 6) is -0.0944. The van der Waals surface area contributed by atoms with Crippen LogP contribution in [0.2, 0.25) is 5.04 Å². The number of anilines is 1. The maximum atomic E-state index is 13.3. The molecule has 0 aliphatic heterocycles. The van der Waals surface area contributed by atoms with E-state index < -0.39 is 28.8 Å². The van der Waals surface area contributed by atoms with E-state index in [-0.39, 0.29) is 39.4 Å². The molecule has 8 nitrogen and oxygen atoms in total. The molecule has 0 saturated carbocycles. The Bertz CT molecular complexity index is 1100. The van der Waals surface area contributed by atoms with Crippen molar-refractivity contribution >= 4 is 33.6 Å². The molecule has 0 spiro atoms. The fraction of sp³-hybridized carbons (Fsp3) is 0.348. The van der Waals surface area contributed by atoms with Crippen LogP contribution in [0.4, 0.5) is 10.5 Å². The first-order valence-electron chi connectivity index (χ1n) is 9.81. The maximum absolute atomic E-state index is 13.3. The van der Waals surface area contributed by atoms with Crippen LogP contribution in [0.1, 0.15) is 52.6 Å². The van der Waals surface area contributed by atoms with Gasteiger partial charge in [0.25, 0.3) is 0 Å². The summed E-state index contributed by atoms with van der Waals surface area (Å²) in [6.45, 7) is 5.49. The van der Waals surface area contributed by atoms with Gasteiger partial charge in [0.2, 0.25) is 5.78 Å². The average molecular weight is 455 g/mol. The van der Waals surface area contributed by atoms with E-state index in [1.54, 1.807) is 13.0 Å². The number of methoxy groups -OCH3 is 3. The molecule has 1 atom stereocenters. The molecule has 3 radical (unpaired) electrons. The first-order valence-corrected chi connectivity index (χ1v) is 10.3. The highest BCUT2D eigenvalue weighted by Crippen LogP contribution is 2.41. The van der Waals surface area contributed by atoms with E-state index in [2.05, 4.69) is 15.6 Å². The summed E-state index contributed by atoms with van der Waals surface area (Å²) >= 11 is 0. The van der Waals surface area contributed by atoms with Crippen molar-refractivity contribution in [3.63, 3.8) is 0 Å². The summed E-state index contributed by atoms with van der Waals surface area (Å²) in [7, 11) is 7.76. The summed E-state index contributed by atoms with van der Waals surface area (Å²) < 4.78 is 21.3. The van der Waals surface area contributed by atoms with E-state index in [9.17, 15) is 14.4 Å². The molecule has 2 aromatic rings. The van der Waals surface area contributed by atoms with Gasteiger partial charge in [-0.05, 0) is 24.1 Å². The first kappa shape index (κ1) is 23.3. The third-order valence-electron chi connectivity index (χ3n) is 5.34. The van der Waals surface area contributed by atoms with Crippen molar-refractivity contribution in [3.8, 4) is 17.2 Å². The number of hydrogen-bond donors (Lipinski definition) is 1. The minimum Gasteiger partial charge on any atom is -0.497 e. The van der Waals surface area contributed by atoms with Gasteiger partial charge in [-0.1, -0.05) is 13.8 Å². The van der Waals surface area contributed by atoms with Crippen molar-refractivity contribution in [1.82, 2.24) is 0 Å². The lowest BCUT2D eigenvalue weighted by Gasteiger charge is -2.27. The predicted octanol–water partition coefficient (Wildman–Crippen LogP) is 3.79. The molecule has 1 unspecified atom stereocenters. The van der Waals surface area contributed by atoms with Crippen molar-refractivity contribution in [3.05, 3.63) is 46.5 Å². The molecular weight excluding hydrogens is 430 g/mol. The smallest absolute Gasteiger partial charge is 0.411 e. The minimum atomic E-state index is -0.704. The lowest BCUT2D eigenvalue weighted by molar-refractivity contribution is 0.0973. The van der Waals surface area contributed by atoms with Crippen molar-refractivity contribution in [2.45, 2.75) is 31.9 Å². The van der Waals surface area contributed by atoms with Gasteiger partial charge < -0.3 is 18.9 Å². The Labute approximate surface area is 189 Å². The molecule has 0 saturated heterocycles. The van der Waals surface area contributed by atoms with Gasteiger partial charge in [-0.25, -0.2) is 4.79 Å². The lowest BCUT2D eigenvalue weighted by atomic mass is 9.82. The first-order chi connectivity index (χ1) is 15.0. The molecule has 0 heterocycles. The normalized spacial score (nSPS) is 13.6. The molecule has 1 aliphatic carbocycles. The van der Waals surface area contributed by atoms with Crippen LogP contribution in [0.3, 0.4) is 0 Å². The number of carbonyl (C=O) groups excluding carboxylic acids is 3. The Kier molecular flexibility index (Phi) is 6.31. The van der Waals surface area contributed by atoms with Gasteiger partial charge in [-0.15, -0.1) is 0 Å². The Balaban J connectivity index is 2.05. The van der Waals surface area contributed by atoms with Crippen LogP contribution in [0, 0.1) is 0 Å². The van der Waals surface area contributed by atoms with E-state index in [1.165, 1.54) is 39.5 Å². The second kappa shape index (κ2) is 8.66. The number of ether oxygens (including phenoxy) is 4. The molecule has 2 aromatic carbocycles. The number of rotatable bonds is 6. The van der Waals surface area contributed by atoms with Crippen LogP contribution in [0.5, 0.6) is 17.2 Å². The monoisotopic (exact) mass is 454 g/mol. The zero-order valence-electron chi connectivity index (χ0n) is 18.7. The molecular formula is C23H24NO7Si. The van der Waals surface area contributed by atoms with Crippen molar-refractivity contribution < 1.29 is 33.3 Å². The minimum absolute atomic E-state index is 0.0981. The number of ketones is 2. The Morgan fingerprint density at radius 3 is 2.00 bits per heavy atom. The third kappa shape index (κ3) is 4.20. The van der Waals surface area contributed by atoms with E-state index >= 15 is 0 Å². The summed E-state index contributed by atoms with van der Waals surface area (Å²) in [6, 6.07) is 5.93. The van der Waals surface area contributed by atoms with Gasteiger partial charge in [0.05, 0.1) is 32.5 Å². The molecule has 1 N–H and O–H groups in total. The second-order valence-corrected chi connectivity index (χ2v) is 9.19. The van der Waals surface area contributed by atoms with E-state index in [4.69, 9.17) is 18.9 Å². The number of benzene rings is 2. The van der Waals surface area contributed by atoms with Crippen LogP contribution in [-0.2, 0) is 4.74 Å². The molecule has 0 bridgehead atoms. The summed E-state index contributed by atoms with van der Waals surface area (Å²) in [5, 5.41) is 2.16. The van der Waals surface area contributed by atoms with Crippen LogP contribution in [0.15, 0.2) is 24.3 Å². The topological polar surface area (TPSA) is 100 Å². The quantitative estimate of drug-likeness (QED) is 0.566. The van der Waals surface area contributed by atoms with Gasteiger partial charge in [0.1, 0.15) is 23.4 Å². The highest BCUT2D eigenvalue weighted by Gasteiger charge is 2.36. The third-order valence-corrected chi connectivity index (χ3v) is 5.75. The highest BCUT2D eigenvalue weighted by molar-refractivity contribution is 6.30. The average Bonchev–Trinajstić information content (AvgIpc) is 2.74. The van der Waals surface area contributed by atoms with E-state index in [0.29, 0.717) is 5.75 Å². The molecule has 9 heteroatoms. The Morgan fingerprint density at radius 1 is 0.906 bits per heavy atom. The molecule has 1 amide bonds. The molecule has 1 aliphatic rings. The Hall–Kier alpha value is -3.33. The van der Waals surface area contributed by atoms with Crippen LogP contribution in [0.25, 0.3) is 0 Å². The zero-order chi connectivity index (χ0) is 23.8. The van der Waals surface area contributed by atoms with Gasteiger partial charge >= 0.3 is 6.09 Å². The maximum Gasteiger partial charge on any atom is 0.411 e. The number of fused-ring (bicyclic) bond motifs is 2. The van der Waals surface area contributed by atoms with E-state index in [0.717, 1.165) is 0 Å².